The molecule has 100 valence electrons. The minimum Gasteiger partial charge on any atom is -0.493 e. The first-order valence-corrected chi connectivity index (χ1v) is 6.20. The van der Waals surface area contributed by atoms with Crippen molar-refractivity contribution >= 4 is 11.6 Å². The Morgan fingerprint density at radius 3 is 2.16 bits per heavy atom. The van der Waals surface area contributed by atoms with E-state index < -0.39 is 0 Å². The van der Waals surface area contributed by atoms with Crippen LogP contribution in [0, 0.1) is 0 Å². The summed E-state index contributed by atoms with van der Waals surface area (Å²) in [6, 6.07) is 13.0. The molecule has 19 heavy (non-hydrogen) atoms. The highest BCUT2D eigenvalue weighted by atomic mass is 35.5. The quantitative estimate of drug-likeness (QED) is 0.829. The normalized spacial score (nSPS) is 10.1. The summed E-state index contributed by atoms with van der Waals surface area (Å²) in [7, 11) is 3.20. The molecular formula is C15H15ClO3. The van der Waals surface area contributed by atoms with E-state index in [1.165, 1.54) is 0 Å². The second-order valence-corrected chi connectivity index (χ2v) is 4.35. The van der Waals surface area contributed by atoms with Gasteiger partial charge in [-0.1, -0.05) is 29.8 Å². The van der Waals surface area contributed by atoms with E-state index in [-0.39, 0.29) is 0 Å². The average Bonchev–Trinajstić information content (AvgIpc) is 2.44. The van der Waals surface area contributed by atoms with Crippen LogP contribution in [0.2, 0.25) is 5.02 Å². The van der Waals surface area contributed by atoms with Crippen molar-refractivity contribution in [2.75, 3.05) is 14.2 Å². The smallest absolute Gasteiger partial charge is 0.203 e. The van der Waals surface area contributed by atoms with Crippen LogP contribution in [0.15, 0.2) is 42.5 Å². The van der Waals surface area contributed by atoms with Crippen LogP contribution in [0.3, 0.4) is 0 Å². The Kier molecular flexibility index (Phi) is 4.53. The van der Waals surface area contributed by atoms with Crippen molar-refractivity contribution in [3.05, 3.63) is 53.1 Å². The molecule has 0 aliphatic heterocycles. The van der Waals surface area contributed by atoms with Crippen molar-refractivity contribution in [2.45, 2.75) is 6.61 Å². The molecule has 0 saturated heterocycles. The monoisotopic (exact) mass is 278 g/mol. The molecule has 0 radical (unpaired) electrons. The Balaban J connectivity index is 2.19. The number of benzene rings is 2. The van der Waals surface area contributed by atoms with Gasteiger partial charge in [0.15, 0.2) is 11.5 Å². The number of hydrogen-bond acceptors (Lipinski definition) is 3. The van der Waals surface area contributed by atoms with E-state index in [0.29, 0.717) is 28.9 Å². The standard InChI is InChI=1S/C15H15ClO3/c1-17-13-7-4-8-14(18-2)15(13)19-10-11-5-3-6-12(16)9-11/h3-9H,10H2,1-2H3. The Morgan fingerprint density at radius 1 is 0.947 bits per heavy atom. The minimum atomic E-state index is 0.400. The zero-order chi connectivity index (χ0) is 13.7. The largest absolute Gasteiger partial charge is 0.493 e. The Hall–Kier alpha value is -1.87. The Morgan fingerprint density at radius 2 is 1.58 bits per heavy atom. The van der Waals surface area contributed by atoms with Crippen molar-refractivity contribution in [1.29, 1.82) is 0 Å². The summed E-state index contributed by atoms with van der Waals surface area (Å²) in [5, 5.41) is 0.688. The third-order valence-corrected chi connectivity index (χ3v) is 2.89. The second-order valence-electron chi connectivity index (χ2n) is 3.91. The lowest BCUT2D eigenvalue weighted by atomic mass is 10.2. The Labute approximate surface area is 117 Å². The van der Waals surface area contributed by atoms with Crippen LogP contribution < -0.4 is 14.2 Å². The highest BCUT2D eigenvalue weighted by Gasteiger charge is 2.11. The molecule has 0 aliphatic rings. The lowest BCUT2D eigenvalue weighted by molar-refractivity contribution is 0.266. The third kappa shape index (κ3) is 3.32. The van der Waals surface area contributed by atoms with E-state index in [0.717, 1.165) is 5.56 Å². The maximum Gasteiger partial charge on any atom is 0.203 e. The Bertz CT molecular complexity index is 533. The number of halogens is 1. The molecule has 2 rings (SSSR count). The van der Waals surface area contributed by atoms with Crippen LogP contribution in [0.5, 0.6) is 17.2 Å². The number of hydrogen-bond donors (Lipinski definition) is 0. The summed E-state index contributed by atoms with van der Waals surface area (Å²) >= 11 is 5.94. The fourth-order valence-electron chi connectivity index (χ4n) is 1.74. The highest BCUT2D eigenvalue weighted by molar-refractivity contribution is 6.30. The van der Waals surface area contributed by atoms with Gasteiger partial charge in [-0.3, -0.25) is 0 Å². The van der Waals surface area contributed by atoms with Gasteiger partial charge in [-0.25, -0.2) is 0 Å². The molecule has 0 spiro atoms. The van der Waals surface area contributed by atoms with Crippen LogP contribution in [0.25, 0.3) is 0 Å². The minimum absolute atomic E-state index is 0.400. The van der Waals surface area contributed by atoms with Gasteiger partial charge >= 0.3 is 0 Å². The molecule has 2 aromatic rings. The van der Waals surface area contributed by atoms with E-state index >= 15 is 0 Å². The van der Waals surface area contributed by atoms with Crippen LogP contribution in [0.1, 0.15) is 5.56 Å². The average molecular weight is 279 g/mol. The van der Waals surface area contributed by atoms with Gasteiger partial charge in [-0.05, 0) is 29.8 Å². The summed E-state index contributed by atoms with van der Waals surface area (Å²) in [5.41, 5.74) is 0.987. The third-order valence-electron chi connectivity index (χ3n) is 2.65. The molecule has 2 aromatic carbocycles. The fraction of sp³-hybridized carbons (Fsp3) is 0.200. The molecule has 0 fully saturated rings. The first kappa shape index (κ1) is 13.6. The van der Waals surface area contributed by atoms with E-state index in [4.69, 9.17) is 25.8 Å². The van der Waals surface area contributed by atoms with Gasteiger partial charge in [-0.2, -0.15) is 0 Å². The van der Waals surface area contributed by atoms with E-state index in [1.807, 2.05) is 42.5 Å². The maximum atomic E-state index is 5.94. The van der Waals surface area contributed by atoms with E-state index in [9.17, 15) is 0 Å². The summed E-state index contributed by atoms with van der Waals surface area (Å²) in [6.07, 6.45) is 0. The van der Waals surface area contributed by atoms with Gasteiger partial charge in [0.2, 0.25) is 5.75 Å². The summed E-state index contributed by atoms with van der Waals surface area (Å²) in [4.78, 5) is 0. The van der Waals surface area contributed by atoms with Crippen LogP contribution in [-0.4, -0.2) is 14.2 Å². The van der Waals surface area contributed by atoms with Crippen LogP contribution in [-0.2, 0) is 6.61 Å². The molecule has 0 heterocycles. The predicted molar refractivity (Wildman–Crippen MR) is 75.3 cm³/mol. The number of methoxy groups -OCH3 is 2. The van der Waals surface area contributed by atoms with E-state index in [2.05, 4.69) is 0 Å². The summed E-state index contributed by atoms with van der Waals surface area (Å²) < 4.78 is 16.3. The molecule has 0 N–H and O–H groups in total. The molecule has 0 atom stereocenters. The van der Waals surface area contributed by atoms with Crippen molar-refractivity contribution in [1.82, 2.24) is 0 Å². The maximum absolute atomic E-state index is 5.94. The van der Waals surface area contributed by atoms with Gasteiger partial charge in [0.1, 0.15) is 6.61 Å². The molecule has 4 heteroatoms. The molecule has 0 bridgehead atoms. The van der Waals surface area contributed by atoms with Crippen molar-refractivity contribution in [3.8, 4) is 17.2 Å². The van der Waals surface area contributed by atoms with E-state index in [1.54, 1.807) is 14.2 Å². The van der Waals surface area contributed by atoms with Gasteiger partial charge in [0, 0.05) is 5.02 Å². The lowest BCUT2D eigenvalue weighted by Crippen LogP contribution is -1.99. The van der Waals surface area contributed by atoms with Crippen LogP contribution >= 0.6 is 11.6 Å². The summed E-state index contributed by atoms with van der Waals surface area (Å²) in [6.45, 7) is 0.400. The first-order valence-electron chi connectivity index (χ1n) is 5.83. The van der Waals surface area contributed by atoms with Gasteiger partial charge in [0.25, 0.3) is 0 Å². The molecule has 3 nitrogen and oxygen atoms in total. The lowest BCUT2D eigenvalue weighted by Gasteiger charge is -2.14. The van der Waals surface area contributed by atoms with Crippen molar-refractivity contribution < 1.29 is 14.2 Å². The predicted octanol–water partition coefficient (Wildman–Crippen LogP) is 3.94. The highest BCUT2D eigenvalue weighted by Crippen LogP contribution is 2.37. The van der Waals surface area contributed by atoms with Crippen LogP contribution in [0.4, 0.5) is 0 Å². The molecule has 0 saturated carbocycles. The molecular weight excluding hydrogens is 264 g/mol. The SMILES string of the molecule is COc1cccc(OC)c1OCc1cccc(Cl)c1. The van der Waals surface area contributed by atoms with Crippen molar-refractivity contribution in [2.24, 2.45) is 0 Å². The molecule has 0 amide bonds. The number of para-hydroxylation sites is 1. The van der Waals surface area contributed by atoms with Gasteiger partial charge in [-0.15, -0.1) is 0 Å². The van der Waals surface area contributed by atoms with Gasteiger partial charge in [0.05, 0.1) is 14.2 Å². The second kappa shape index (κ2) is 6.34. The first-order chi connectivity index (χ1) is 9.24. The number of ether oxygens (including phenoxy) is 3. The zero-order valence-electron chi connectivity index (χ0n) is 10.9. The molecule has 0 aliphatic carbocycles. The molecule has 0 aromatic heterocycles. The van der Waals surface area contributed by atoms with Crippen molar-refractivity contribution in [3.63, 3.8) is 0 Å². The number of rotatable bonds is 5. The molecule has 0 unspecified atom stereocenters. The zero-order valence-corrected chi connectivity index (χ0v) is 11.6. The fourth-order valence-corrected chi connectivity index (χ4v) is 1.95. The topological polar surface area (TPSA) is 27.7 Å². The summed E-state index contributed by atoms with van der Waals surface area (Å²) in [5.74, 6) is 1.87. The van der Waals surface area contributed by atoms with Gasteiger partial charge < -0.3 is 14.2 Å².